The molecule has 1 aromatic rings. The molecule has 156 valence electrons. The zero-order valence-electron chi connectivity index (χ0n) is 18.6. The molecule has 0 bridgehead atoms. The van der Waals surface area contributed by atoms with Gasteiger partial charge in [0.15, 0.2) is 0 Å². The Morgan fingerprint density at radius 2 is 1.86 bits per heavy atom. The molecule has 2 aliphatic heterocycles. The third-order valence-electron chi connectivity index (χ3n) is 6.88. The first-order valence-electron chi connectivity index (χ1n) is 11.2. The highest BCUT2D eigenvalue weighted by molar-refractivity contribution is 5.54. The fourth-order valence-corrected chi connectivity index (χ4v) is 5.73. The average molecular weight is 387 g/mol. The molecule has 5 heteroatoms. The van der Waals surface area contributed by atoms with E-state index in [1.165, 1.54) is 56.0 Å². The Bertz CT molecular complexity index is 705. The molecule has 1 atom stereocenters. The predicted octanol–water partition coefficient (Wildman–Crippen LogP) is 3.73. The van der Waals surface area contributed by atoms with E-state index in [1.807, 2.05) is 7.11 Å². The van der Waals surface area contributed by atoms with Gasteiger partial charge in [-0.05, 0) is 57.4 Å². The van der Waals surface area contributed by atoms with Crippen molar-refractivity contribution in [2.75, 3.05) is 44.7 Å². The molecule has 2 saturated heterocycles. The van der Waals surface area contributed by atoms with Gasteiger partial charge in [-0.2, -0.15) is 0 Å². The van der Waals surface area contributed by atoms with E-state index < -0.39 is 0 Å². The van der Waals surface area contributed by atoms with Gasteiger partial charge in [0.1, 0.15) is 11.6 Å². The van der Waals surface area contributed by atoms with Gasteiger partial charge in [0.2, 0.25) is 0 Å². The Balaban J connectivity index is 1.61. The summed E-state index contributed by atoms with van der Waals surface area (Å²) in [4.78, 5) is 15.2. The van der Waals surface area contributed by atoms with E-state index >= 15 is 0 Å². The highest BCUT2D eigenvalue weighted by Crippen LogP contribution is 2.47. The maximum atomic E-state index is 5.57. The lowest BCUT2D eigenvalue weighted by Crippen LogP contribution is -2.48. The molecule has 28 heavy (non-hydrogen) atoms. The Morgan fingerprint density at radius 1 is 1.11 bits per heavy atom. The van der Waals surface area contributed by atoms with Gasteiger partial charge >= 0.3 is 0 Å². The number of hydrogen-bond donors (Lipinski definition) is 0. The number of aryl methyl sites for hydroxylation is 1. The van der Waals surface area contributed by atoms with Crippen LogP contribution >= 0.6 is 0 Å². The van der Waals surface area contributed by atoms with Gasteiger partial charge in [-0.1, -0.05) is 20.8 Å². The lowest BCUT2D eigenvalue weighted by molar-refractivity contribution is 0.0817. The number of aromatic nitrogens is 2. The number of likely N-dealkylation sites (tertiary alicyclic amines) is 1. The molecule has 2 fully saturated rings. The first kappa shape index (κ1) is 20.1. The number of nitrogens with zero attached hydrogens (tertiary/aromatic N) is 4. The summed E-state index contributed by atoms with van der Waals surface area (Å²) < 4.78 is 5.57. The lowest BCUT2D eigenvalue weighted by atomic mass is 9.77. The molecule has 0 N–H and O–H groups in total. The fraction of sp³-hybridized carbons (Fsp3) is 0.826. The number of anilines is 1. The second-order valence-electron chi connectivity index (χ2n) is 10.5. The van der Waals surface area contributed by atoms with E-state index in [2.05, 4.69) is 37.5 Å². The molecule has 0 amide bonds. The third-order valence-corrected chi connectivity index (χ3v) is 6.88. The highest BCUT2D eigenvalue weighted by atomic mass is 16.5. The molecule has 0 saturated carbocycles. The maximum Gasteiger partial charge on any atom is 0.135 e. The van der Waals surface area contributed by atoms with Gasteiger partial charge in [-0.15, -0.1) is 0 Å². The first-order chi connectivity index (χ1) is 13.3. The number of methoxy groups -OCH3 is 1. The molecule has 1 aliphatic carbocycles. The molecule has 1 spiro atoms. The summed E-state index contributed by atoms with van der Waals surface area (Å²) in [6, 6.07) is 0. The van der Waals surface area contributed by atoms with Crippen molar-refractivity contribution in [2.24, 2.45) is 5.41 Å². The SMILES string of the molecule is COC1CCN(c2nc(C)nc3c2CCC32CCCN(CC(C)(C)C)C2)CC1. The summed E-state index contributed by atoms with van der Waals surface area (Å²) in [5.41, 5.74) is 3.41. The van der Waals surface area contributed by atoms with E-state index in [0.29, 0.717) is 11.5 Å². The van der Waals surface area contributed by atoms with Gasteiger partial charge in [0, 0.05) is 44.3 Å². The second-order valence-corrected chi connectivity index (χ2v) is 10.5. The van der Waals surface area contributed by atoms with Crippen LogP contribution in [0, 0.1) is 12.3 Å². The minimum atomic E-state index is 0.242. The lowest BCUT2D eigenvalue weighted by Gasteiger charge is -2.43. The van der Waals surface area contributed by atoms with Gasteiger partial charge in [-0.25, -0.2) is 9.97 Å². The Labute approximate surface area is 170 Å². The fourth-order valence-electron chi connectivity index (χ4n) is 5.73. The minimum Gasteiger partial charge on any atom is -0.381 e. The normalized spacial score (nSPS) is 26.8. The van der Waals surface area contributed by atoms with Crippen molar-refractivity contribution in [3.05, 3.63) is 17.1 Å². The minimum absolute atomic E-state index is 0.242. The quantitative estimate of drug-likeness (QED) is 0.792. The summed E-state index contributed by atoms with van der Waals surface area (Å²) in [7, 11) is 1.84. The van der Waals surface area contributed by atoms with E-state index in [1.54, 1.807) is 0 Å². The molecule has 3 heterocycles. The number of hydrogen-bond acceptors (Lipinski definition) is 5. The summed E-state index contributed by atoms with van der Waals surface area (Å²) in [6.45, 7) is 14.8. The summed E-state index contributed by atoms with van der Waals surface area (Å²) in [6.07, 6.45) is 7.54. The van der Waals surface area contributed by atoms with Crippen LogP contribution in [0.1, 0.15) is 70.0 Å². The Kier molecular flexibility index (Phi) is 5.43. The van der Waals surface area contributed by atoms with Crippen LogP contribution in [-0.2, 0) is 16.6 Å². The highest BCUT2D eigenvalue weighted by Gasteiger charge is 2.45. The van der Waals surface area contributed by atoms with Crippen molar-refractivity contribution >= 4 is 5.82 Å². The smallest absolute Gasteiger partial charge is 0.135 e. The van der Waals surface area contributed by atoms with Crippen molar-refractivity contribution in [3.8, 4) is 0 Å². The summed E-state index contributed by atoms with van der Waals surface area (Å²) in [5.74, 6) is 2.17. The average Bonchev–Trinajstić information content (AvgIpc) is 2.97. The van der Waals surface area contributed by atoms with E-state index in [-0.39, 0.29) is 5.41 Å². The zero-order chi connectivity index (χ0) is 19.9. The maximum absolute atomic E-state index is 5.57. The van der Waals surface area contributed by atoms with Crippen molar-refractivity contribution in [3.63, 3.8) is 0 Å². The molecule has 3 aliphatic rings. The van der Waals surface area contributed by atoms with Crippen LogP contribution < -0.4 is 4.90 Å². The summed E-state index contributed by atoms with van der Waals surface area (Å²) >= 11 is 0. The number of fused-ring (bicyclic) bond motifs is 2. The number of ether oxygens (including phenoxy) is 1. The number of rotatable bonds is 3. The second kappa shape index (κ2) is 7.56. The molecule has 5 nitrogen and oxygen atoms in total. The van der Waals surface area contributed by atoms with Crippen LogP contribution in [0.15, 0.2) is 0 Å². The molecule has 1 unspecified atom stereocenters. The zero-order valence-corrected chi connectivity index (χ0v) is 18.6. The first-order valence-corrected chi connectivity index (χ1v) is 11.2. The van der Waals surface area contributed by atoms with Crippen molar-refractivity contribution in [1.82, 2.24) is 14.9 Å². The van der Waals surface area contributed by atoms with Gasteiger partial charge < -0.3 is 14.5 Å². The molecular formula is C23H38N4O. The van der Waals surface area contributed by atoms with Gasteiger partial charge in [-0.3, -0.25) is 0 Å². The van der Waals surface area contributed by atoms with E-state index in [4.69, 9.17) is 14.7 Å². The van der Waals surface area contributed by atoms with Crippen molar-refractivity contribution < 1.29 is 4.74 Å². The molecular weight excluding hydrogens is 348 g/mol. The van der Waals surface area contributed by atoms with Crippen molar-refractivity contribution in [2.45, 2.75) is 77.7 Å². The molecule has 4 rings (SSSR count). The Morgan fingerprint density at radius 3 is 2.54 bits per heavy atom. The summed E-state index contributed by atoms with van der Waals surface area (Å²) in [5, 5.41) is 0. The van der Waals surface area contributed by atoms with Crippen LogP contribution in [-0.4, -0.2) is 60.8 Å². The largest absolute Gasteiger partial charge is 0.381 e. The van der Waals surface area contributed by atoms with Crippen LogP contribution in [0.2, 0.25) is 0 Å². The van der Waals surface area contributed by atoms with Gasteiger partial charge in [0.05, 0.1) is 11.8 Å². The van der Waals surface area contributed by atoms with E-state index in [9.17, 15) is 0 Å². The molecule has 1 aromatic heterocycles. The predicted molar refractivity (Wildman–Crippen MR) is 114 cm³/mol. The van der Waals surface area contributed by atoms with Gasteiger partial charge in [0.25, 0.3) is 0 Å². The molecule has 0 radical (unpaired) electrons. The monoisotopic (exact) mass is 386 g/mol. The topological polar surface area (TPSA) is 41.5 Å². The van der Waals surface area contributed by atoms with Crippen LogP contribution in [0.5, 0.6) is 0 Å². The van der Waals surface area contributed by atoms with Crippen LogP contribution in [0.25, 0.3) is 0 Å². The standard InChI is InChI=1S/C23H38N4O/c1-17-24-20-19(21(25-17)27-13-8-18(28-5)9-14-27)7-11-23(20)10-6-12-26(16-23)15-22(2,3)4/h18H,6-16H2,1-5H3. The van der Waals surface area contributed by atoms with E-state index in [0.717, 1.165) is 38.2 Å². The van der Waals surface area contributed by atoms with Crippen LogP contribution in [0.3, 0.4) is 0 Å². The van der Waals surface area contributed by atoms with Crippen LogP contribution in [0.4, 0.5) is 5.82 Å². The Hall–Kier alpha value is -1.20. The van der Waals surface area contributed by atoms with Crippen molar-refractivity contribution in [1.29, 1.82) is 0 Å². The third kappa shape index (κ3) is 3.93. The molecule has 0 aromatic carbocycles. The number of piperidine rings is 2.